The molecule has 1 aromatic rings. The summed E-state index contributed by atoms with van der Waals surface area (Å²) in [6.45, 7) is 1.57. The number of imide groups is 1. The Morgan fingerprint density at radius 1 is 1.28 bits per heavy atom. The van der Waals surface area contributed by atoms with E-state index < -0.39 is 27.9 Å². The van der Waals surface area contributed by atoms with Crippen molar-refractivity contribution in [3.05, 3.63) is 24.3 Å². The zero-order valence-electron chi connectivity index (χ0n) is 10.1. The molecule has 1 aromatic carbocycles. The molecule has 0 aliphatic carbocycles. The summed E-state index contributed by atoms with van der Waals surface area (Å²) in [6.07, 6.45) is 0. The van der Waals surface area contributed by atoms with Gasteiger partial charge >= 0.3 is 0 Å². The summed E-state index contributed by atoms with van der Waals surface area (Å²) in [5.41, 5.74) is 0.481. The molecule has 18 heavy (non-hydrogen) atoms. The number of amides is 2. The van der Waals surface area contributed by atoms with Gasteiger partial charge in [-0.15, -0.1) is 0 Å². The van der Waals surface area contributed by atoms with Gasteiger partial charge in [0.1, 0.15) is 16.8 Å². The third kappa shape index (κ3) is 2.15. The smallest absolute Gasteiger partial charge is 0.249 e. The molecule has 1 aliphatic heterocycles. The fourth-order valence-corrected chi connectivity index (χ4v) is 2.68. The standard InChI is InChI=1S/C12H13NO4S/c1-8-12(15)13(11(14)7-18(8)16)9-3-5-10(17-2)6-4-9/h3-6,8H,7H2,1-2H3. The molecule has 2 unspecified atom stereocenters. The van der Waals surface area contributed by atoms with Crippen molar-refractivity contribution in [2.45, 2.75) is 12.2 Å². The van der Waals surface area contributed by atoms with Crippen molar-refractivity contribution < 1.29 is 18.5 Å². The normalized spacial score (nSPS) is 24.2. The van der Waals surface area contributed by atoms with Gasteiger partial charge in [-0.25, -0.2) is 4.90 Å². The van der Waals surface area contributed by atoms with Gasteiger partial charge in [-0.1, -0.05) is 0 Å². The second kappa shape index (κ2) is 4.89. The van der Waals surface area contributed by atoms with Crippen molar-refractivity contribution in [1.29, 1.82) is 0 Å². The van der Waals surface area contributed by atoms with Crippen molar-refractivity contribution in [1.82, 2.24) is 0 Å². The highest BCUT2D eigenvalue weighted by Crippen LogP contribution is 2.23. The largest absolute Gasteiger partial charge is 0.497 e. The third-order valence-corrected chi connectivity index (χ3v) is 4.33. The predicted octanol–water partition coefficient (Wildman–Crippen LogP) is 0.706. The first-order valence-electron chi connectivity index (χ1n) is 5.42. The van der Waals surface area contributed by atoms with Gasteiger partial charge in [0.2, 0.25) is 11.8 Å². The van der Waals surface area contributed by atoms with E-state index in [2.05, 4.69) is 0 Å². The number of rotatable bonds is 2. The van der Waals surface area contributed by atoms with Crippen LogP contribution in [-0.4, -0.2) is 34.1 Å². The Bertz CT molecular complexity index is 511. The van der Waals surface area contributed by atoms with Crippen LogP contribution in [0.25, 0.3) is 0 Å². The average Bonchev–Trinajstić information content (AvgIpc) is 2.37. The molecule has 2 atom stereocenters. The minimum atomic E-state index is -1.41. The lowest BCUT2D eigenvalue weighted by atomic mass is 10.2. The number of carbonyl (C=O) groups excluding carboxylic acids is 2. The molecule has 5 nitrogen and oxygen atoms in total. The summed E-state index contributed by atoms with van der Waals surface area (Å²) in [5.74, 6) is -0.317. The summed E-state index contributed by atoms with van der Waals surface area (Å²) in [5, 5.41) is -0.648. The van der Waals surface area contributed by atoms with E-state index in [1.54, 1.807) is 31.2 Å². The Kier molecular flexibility index (Phi) is 3.47. The first-order valence-corrected chi connectivity index (χ1v) is 6.81. The molecular weight excluding hydrogens is 254 g/mol. The van der Waals surface area contributed by atoms with Gasteiger partial charge < -0.3 is 4.74 Å². The first kappa shape index (κ1) is 12.8. The maximum Gasteiger partial charge on any atom is 0.249 e. The minimum absolute atomic E-state index is 0.112. The quantitative estimate of drug-likeness (QED) is 0.740. The van der Waals surface area contributed by atoms with E-state index in [0.29, 0.717) is 11.4 Å². The van der Waals surface area contributed by atoms with Crippen molar-refractivity contribution in [3.63, 3.8) is 0 Å². The fourth-order valence-electron chi connectivity index (χ4n) is 1.73. The molecular formula is C12H13NO4S. The van der Waals surface area contributed by atoms with Crippen LogP contribution in [0.15, 0.2) is 24.3 Å². The number of hydrogen-bond acceptors (Lipinski definition) is 4. The molecule has 1 aliphatic rings. The summed E-state index contributed by atoms with van der Waals surface area (Å²) in [4.78, 5) is 24.9. The zero-order valence-corrected chi connectivity index (χ0v) is 10.9. The minimum Gasteiger partial charge on any atom is -0.497 e. The van der Waals surface area contributed by atoms with Crippen LogP contribution in [0.2, 0.25) is 0 Å². The molecule has 0 N–H and O–H groups in total. The highest BCUT2D eigenvalue weighted by Gasteiger charge is 2.37. The second-order valence-electron chi connectivity index (χ2n) is 3.93. The van der Waals surface area contributed by atoms with Crippen LogP contribution >= 0.6 is 0 Å². The predicted molar refractivity (Wildman–Crippen MR) is 68.0 cm³/mol. The number of anilines is 1. The van der Waals surface area contributed by atoms with Crippen LogP contribution in [0.5, 0.6) is 5.75 Å². The molecule has 0 radical (unpaired) electrons. The summed E-state index contributed by atoms with van der Waals surface area (Å²) in [7, 11) is 0.128. The van der Waals surface area contributed by atoms with Crippen LogP contribution in [-0.2, 0) is 20.4 Å². The van der Waals surface area contributed by atoms with Gasteiger partial charge in [-0.3, -0.25) is 13.8 Å². The fraction of sp³-hybridized carbons (Fsp3) is 0.333. The molecule has 1 fully saturated rings. The van der Waals surface area contributed by atoms with E-state index in [1.165, 1.54) is 7.11 Å². The highest BCUT2D eigenvalue weighted by molar-refractivity contribution is 7.87. The van der Waals surface area contributed by atoms with E-state index >= 15 is 0 Å². The Labute approximate surface area is 107 Å². The average molecular weight is 267 g/mol. The van der Waals surface area contributed by atoms with E-state index in [0.717, 1.165) is 4.90 Å². The Balaban J connectivity index is 2.33. The monoisotopic (exact) mass is 267 g/mol. The molecule has 0 saturated carbocycles. The Morgan fingerprint density at radius 2 is 1.89 bits per heavy atom. The van der Waals surface area contributed by atoms with Gasteiger partial charge in [0.15, 0.2) is 0 Å². The molecule has 0 aromatic heterocycles. The van der Waals surface area contributed by atoms with Gasteiger partial charge in [-0.05, 0) is 31.2 Å². The van der Waals surface area contributed by atoms with Gasteiger partial charge in [-0.2, -0.15) is 0 Å². The van der Waals surface area contributed by atoms with Crippen LogP contribution in [0.1, 0.15) is 6.92 Å². The van der Waals surface area contributed by atoms with Crippen LogP contribution < -0.4 is 9.64 Å². The number of hydrogen-bond donors (Lipinski definition) is 0. The van der Waals surface area contributed by atoms with Crippen LogP contribution in [0, 0.1) is 0 Å². The van der Waals surface area contributed by atoms with Crippen LogP contribution in [0.4, 0.5) is 5.69 Å². The molecule has 1 saturated heterocycles. The summed E-state index contributed by atoms with van der Waals surface area (Å²) >= 11 is 0. The number of carbonyl (C=O) groups is 2. The summed E-state index contributed by atoms with van der Waals surface area (Å²) < 4.78 is 16.5. The lowest BCUT2D eigenvalue weighted by Crippen LogP contribution is -2.51. The van der Waals surface area contributed by atoms with Crippen molar-refractivity contribution in [2.24, 2.45) is 0 Å². The van der Waals surface area contributed by atoms with Gasteiger partial charge in [0, 0.05) is 10.8 Å². The molecule has 0 bridgehead atoms. The first-order chi connectivity index (χ1) is 8.54. The van der Waals surface area contributed by atoms with E-state index in [1.807, 2.05) is 0 Å². The van der Waals surface area contributed by atoms with E-state index in [-0.39, 0.29) is 5.75 Å². The van der Waals surface area contributed by atoms with Gasteiger partial charge in [0.05, 0.1) is 12.8 Å². The highest BCUT2D eigenvalue weighted by atomic mass is 32.2. The molecule has 6 heteroatoms. The topological polar surface area (TPSA) is 63.7 Å². The zero-order chi connectivity index (χ0) is 13.3. The van der Waals surface area contributed by atoms with Crippen LogP contribution in [0.3, 0.4) is 0 Å². The van der Waals surface area contributed by atoms with Gasteiger partial charge in [0.25, 0.3) is 0 Å². The number of methoxy groups -OCH3 is 1. The SMILES string of the molecule is COc1ccc(N2C(=O)CS(=O)C(C)C2=O)cc1. The number of nitrogens with zero attached hydrogens (tertiary/aromatic N) is 1. The molecule has 2 rings (SSSR count). The maximum atomic E-state index is 12.0. The second-order valence-corrected chi connectivity index (χ2v) is 5.69. The number of ether oxygens (including phenoxy) is 1. The lowest BCUT2D eigenvalue weighted by molar-refractivity contribution is -0.125. The summed E-state index contributed by atoms with van der Waals surface area (Å²) in [6, 6.07) is 6.61. The van der Waals surface area contributed by atoms with E-state index in [9.17, 15) is 13.8 Å². The van der Waals surface area contributed by atoms with Crippen molar-refractivity contribution in [2.75, 3.05) is 17.8 Å². The van der Waals surface area contributed by atoms with E-state index in [4.69, 9.17) is 4.74 Å². The molecule has 0 spiro atoms. The Hall–Kier alpha value is -1.69. The Morgan fingerprint density at radius 3 is 2.44 bits per heavy atom. The third-order valence-electron chi connectivity index (χ3n) is 2.81. The maximum absolute atomic E-state index is 12.0. The lowest BCUT2D eigenvalue weighted by Gasteiger charge is -2.28. The number of benzene rings is 1. The molecule has 1 heterocycles. The molecule has 2 amide bonds. The van der Waals surface area contributed by atoms with Crippen molar-refractivity contribution in [3.8, 4) is 5.75 Å². The molecule has 96 valence electrons. The van der Waals surface area contributed by atoms with Crippen molar-refractivity contribution >= 4 is 28.3 Å².